The van der Waals surface area contributed by atoms with Gasteiger partial charge in [0.25, 0.3) is 0 Å². The van der Waals surface area contributed by atoms with E-state index in [4.69, 9.17) is 44.6 Å². The molecule has 6 rings (SSSR count). The van der Waals surface area contributed by atoms with Crippen molar-refractivity contribution in [1.82, 2.24) is 24.3 Å². The Morgan fingerprint density at radius 1 is 0.896 bits per heavy atom. The van der Waals surface area contributed by atoms with Gasteiger partial charge in [-0.1, -0.05) is 70.9 Å². The van der Waals surface area contributed by atoms with Crippen LogP contribution in [0.15, 0.2) is 60.7 Å². The number of nitrogens with zero attached hydrogens (tertiary/aromatic N) is 4. The van der Waals surface area contributed by atoms with Crippen LogP contribution in [0.2, 0.25) is 15.1 Å². The lowest BCUT2D eigenvalue weighted by Crippen LogP contribution is -2.37. The fourth-order valence-electron chi connectivity index (χ4n) is 6.05. The van der Waals surface area contributed by atoms with Crippen molar-refractivity contribution in [3.8, 4) is 23.1 Å². The Morgan fingerprint density at radius 3 is 2.44 bits per heavy atom. The van der Waals surface area contributed by atoms with Crippen molar-refractivity contribution >= 4 is 44.8 Å². The van der Waals surface area contributed by atoms with Gasteiger partial charge < -0.3 is 10.1 Å². The summed E-state index contributed by atoms with van der Waals surface area (Å²) in [4.78, 5) is 2.41. The molecule has 0 spiro atoms. The number of nitrogens with one attached hydrogen (secondary N) is 1. The number of morpholine rings is 1. The molecule has 3 aromatic carbocycles. The zero-order chi connectivity index (χ0) is 33.7. The molecule has 4 aromatic rings. The lowest BCUT2D eigenvalue weighted by molar-refractivity contribution is 0.0368. The smallest absolute Gasteiger partial charge is 0.211 e. The SMILES string of the molecule is CS(=O)(=O)N1CCc2c(c(-c3ccc(Cl)c(C#Cc4ccc(CNCc5ccc(Cl)cc5)c(Cl)c4)c3)nn2CCCN2CCOCC2)C1. The number of aromatic nitrogens is 2. The van der Waals surface area contributed by atoms with Gasteiger partial charge in [-0.2, -0.15) is 9.40 Å². The van der Waals surface area contributed by atoms with Gasteiger partial charge in [0, 0.05) is 96.8 Å². The predicted octanol–water partition coefficient (Wildman–Crippen LogP) is 6.24. The highest BCUT2D eigenvalue weighted by atomic mass is 35.5. The van der Waals surface area contributed by atoms with Gasteiger partial charge in [-0.3, -0.25) is 9.58 Å². The summed E-state index contributed by atoms with van der Waals surface area (Å²) in [5.41, 5.74) is 7.19. The van der Waals surface area contributed by atoms with Crippen LogP contribution in [0.25, 0.3) is 11.3 Å². The molecule has 3 heterocycles. The Labute approximate surface area is 298 Å². The van der Waals surface area contributed by atoms with E-state index >= 15 is 0 Å². The van der Waals surface area contributed by atoms with Crippen LogP contribution in [-0.4, -0.2) is 73.1 Å². The fraction of sp³-hybridized carbons (Fsp3) is 0.361. The summed E-state index contributed by atoms with van der Waals surface area (Å²) in [6.45, 7) is 7.19. The second-order valence-corrected chi connectivity index (χ2v) is 15.4. The van der Waals surface area contributed by atoms with E-state index in [0.29, 0.717) is 46.7 Å². The molecule has 1 aromatic heterocycles. The highest BCUT2D eigenvalue weighted by Crippen LogP contribution is 2.33. The van der Waals surface area contributed by atoms with Crippen LogP contribution in [-0.2, 0) is 47.4 Å². The van der Waals surface area contributed by atoms with Crippen molar-refractivity contribution in [1.29, 1.82) is 0 Å². The number of ether oxygens (including phenoxy) is 1. The molecule has 0 atom stereocenters. The van der Waals surface area contributed by atoms with Gasteiger partial charge in [0.2, 0.25) is 10.0 Å². The summed E-state index contributed by atoms with van der Waals surface area (Å²) >= 11 is 19.2. The van der Waals surface area contributed by atoms with Gasteiger partial charge in [-0.05, 0) is 53.9 Å². The standard InChI is InChI=1S/C36H38Cl3N5O3S/c1-48(45,46)43-16-13-35-32(25-43)36(41-44(35)15-2-14-42-17-19-47-20-18-42)29-9-12-33(38)28(22-29)7-3-26-4-8-30(34(39)21-26)24-40-23-27-5-10-31(37)11-6-27/h4-6,8-12,21-22,40H,2,13-20,23-25H2,1H3. The van der Waals surface area contributed by atoms with Crippen LogP contribution in [0.4, 0.5) is 0 Å². The van der Waals surface area contributed by atoms with Crippen LogP contribution in [0.1, 0.15) is 39.9 Å². The van der Waals surface area contributed by atoms with Crippen LogP contribution in [0.3, 0.4) is 0 Å². The summed E-state index contributed by atoms with van der Waals surface area (Å²) in [6.07, 6.45) is 2.82. The van der Waals surface area contributed by atoms with E-state index in [1.165, 1.54) is 10.6 Å². The molecule has 2 aliphatic rings. The van der Waals surface area contributed by atoms with Gasteiger partial charge in [-0.25, -0.2) is 8.42 Å². The Bertz CT molecular complexity index is 1930. The Hall–Kier alpha value is -2.91. The average molecular weight is 727 g/mol. The molecule has 1 saturated heterocycles. The van der Waals surface area contributed by atoms with Crippen molar-refractivity contribution < 1.29 is 13.2 Å². The first-order chi connectivity index (χ1) is 23.1. The number of sulfonamides is 1. The van der Waals surface area contributed by atoms with Crippen LogP contribution >= 0.6 is 34.8 Å². The number of hydrogen-bond donors (Lipinski definition) is 1. The van der Waals surface area contributed by atoms with Crippen LogP contribution in [0.5, 0.6) is 0 Å². The summed E-state index contributed by atoms with van der Waals surface area (Å²) in [5.74, 6) is 6.43. The minimum atomic E-state index is -3.36. The molecule has 0 saturated carbocycles. The quantitative estimate of drug-likeness (QED) is 0.195. The van der Waals surface area contributed by atoms with Gasteiger partial charge in [0.1, 0.15) is 0 Å². The molecule has 252 valence electrons. The van der Waals surface area contributed by atoms with Crippen LogP contribution < -0.4 is 5.32 Å². The number of benzene rings is 3. The van der Waals surface area contributed by atoms with E-state index in [2.05, 4.69) is 26.7 Å². The molecule has 48 heavy (non-hydrogen) atoms. The molecule has 8 nitrogen and oxygen atoms in total. The number of fused-ring (bicyclic) bond motifs is 1. The third-order valence-electron chi connectivity index (χ3n) is 8.71. The summed E-state index contributed by atoms with van der Waals surface area (Å²) < 4.78 is 34.1. The molecule has 0 unspecified atom stereocenters. The van der Waals surface area contributed by atoms with Crippen molar-refractivity contribution in [2.24, 2.45) is 0 Å². The third kappa shape index (κ3) is 8.81. The van der Waals surface area contributed by atoms with Crippen molar-refractivity contribution in [2.45, 2.75) is 39.0 Å². The highest BCUT2D eigenvalue weighted by molar-refractivity contribution is 7.88. The maximum Gasteiger partial charge on any atom is 0.211 e. The maximum atomic E-state index is 12.5. The van der Waals surface area contributed by atoms with E-state index in [0.717, 1.165) is 85.0 Å². The van der Waals surface area contributed by atoms with Gasteiger partial charge in [0.15, 0.2) is 0 Å². The maximum absolute atomic E-state index is 12.5. The second kappa shape index (κ2) is 15.8. The Morgan fingerprint density at radius 2 is 1.69 bits per heavy atom. The minimum Gasteiger partial charge on any atom is -0.379 e. The number of hydrogen-bond acceptors (Lipinski definition) is 6. The van der Waals surface area contributed by atoms with E-state index < -0.39 is 10.0 Å². The van der Waals surface area contributed by atoms with E-state index in [9.17, 15) is 8.42 Å². The van der Waals surface area contributed by atoms with E-state index in [1.54, 1.807) is 0 Å². The third-order valence-corrected chi connectivity index (χ3v) is 10.9. The van der Waals surface area contributed by atoms with E-state index in [1.807, 2.05) is 60.7 Å². The largest absolute Gasteiger partial charge is 0.379 e. The second-order valence-electron chi connectivity index (χ2n) is 12.1. The zero-order valence-electron chi connectivity index (χ0n) is 26.8. The molecular formula is C36H38Cl3N5O3S. The average Bonchev–Trinajstić information content (AvgIpc) is 3.44. The van der Waals surface area contributed by atoms with E-state index in [-0.39, 0.29) is 6.54 Å². The number of halogens is 3. The summed E-state index contributed by atoms with van der Waals surface area (Å²) in [6, 6.07) is 19.2. The Balaban J connectivity index is 1.20. The van der Waals surface area contributed by atoms with Crippen molar-refractivity contribution in [2.75, 3.05) is 45.6 Å². The minimum absolute atomic E-state index is 0.288. The fourth-order valence-corrected chi connectivity index (χ4v) is 7.38. The van der Waals surface area contributed by atoms with Crippen molar-refractivity contribution in [3.63, 3.8) is 0 Å². The molecule has 1 N–H and O–H groups in total. The summed E-state index contributed by atoms with van der Waals surface area (Å²) in [7, 11) is -3.36. The van der Waals surface area contributed by atoms with Gasteiger partial charge >= 0.3 is 0 Å². The van der Waals surface area contributed by atoms with Gasteiger partial charge in [-0.15, -0.1) is 0 Å². The zero-order valence-corrected chi connectivity index (χ0v) is 29.9. The van der Waals surface area contributed by atoms with Gasteiger partial charge in [0.05, 0.1) is 30.2 Å². The lowest BCUT2D eigenvalue weighted by atomic mass is 10.0. The lowest BCUT2D eigenvalue weighted by Gasteiger charge is -2.27. The number of rotatable bonds is 10. The highest BCUT2D eigenvalue weighted by Gasteiger charge is 2.30. The molecule has 12 heteroatoms. The number of aryl methyl sites for hydroxylation is 1. The summed E-state index contributed by atoms with van der Waals surface area (Å²) in [5, 5.41) is 10.3. The predicted molar refractivity (Wildman–Crippen MR) is 193 cm³/mol. The van der Waals surface area contributed by atoms with Crippen LogP contribution in [0, 0.1) is 11.8 Å². The topological polar surface area (TPSA) is 79.7 Å². The molecule has 0 radical (unpaired) electrons. The molecule has 1 fully saturated rings. The first-order valence-electron chi connectivity index (χ1n) is 16.0. The normalized spacial score (nSPS) is 15.6. The molecule has 0 bridgehead atoms. The molecule has 0 aliphatic carbocycles. The molecular weight excluding hydrogens is 689 g/mol. The Kier molecular flexibility index (Phi) is 11.5. The monoisotopic (exact) mass is 725 g/mol. The molecule has 2 aliphatic heterocycles. The van der Waals surface area contributed by atoms with Crippen molar-refractivity contribution in [3.05, 3.63) is 109 Å². The first kappa shape index (κ1) is 34.9. The molecule has 0 amide bonds. The first-order valence-corrected chi connectivity index (χ1v) is 19.0.